The highest BCUT2D eigenvalue weighted by Gasteiger charge is 2.30. The Morgan fingerprint density at radius 2 is 2.06 bits per heavy atom. The van der Waals surface area contributed by atoms with Gasteiger partial charge in [0.1, 0.15) is 5.76 Å². The van der Waals surface area contributed by atoms with Crippen LogP contribution in [0.3, 0.4) is 0 Å². The predicted molar refractivity (Wildman–Crippen MR) is 57.7 cm³/mol. The van der Waals surface area contributed by atoms with Crippen LogP contribution in [0, 0.1) is 6.92 Å². The summed E-state index contributed by atoms with van der Waals surface area (Å²) in [4.78, 5) is 12.6. The molecule has 0 spiro atoms. The van der Waals surface area contributed by atoms with E-state index in [4.69, 9.17) is 9.52 Å². The summed E-state index contributed by atoms with van der Waals surface area (Å²) < 4.78 is 5.20. The largest absolute Gasteiger partial charge is 0.475 e. The van der Waals surface area contributed by atoms with Gasteiger partial charge in [-0.05, 0) is 13.0 Å². The minimum absolute atomic E-state index is 0.0553. The van der Waals surface area contributed by atoms with E-state index in [1.807, 2.05) is 4.90 Å². The molecule has 6 heteroatoms. The Labute approximate surface area is 98.1 Å². The van der Waals surface area contributed by atoms with Gasteiger partial charge in [0, 0.05) is 18.7 Å². The van der Waals surface area contributed by atoms with Crippen LogP contribution in [0.2, 0.25) is 0 Å². The summed E-state index contributed by atoms with van der Waals surface area (Å²) in [5.41, 5.74) is 0.577. The van der Waals surface area contributed by atoms with E-state index < -0.39 is 18.2 Å². The van der Waals surface area contributed by atoms with E-state index in [-0.39, 0.29) is 5.76 Å². The van der Waals surface area contributed by atoms with Crippen molar-refractivity contribution in [2.75, 3.05) is 13.1 Å². The molecule has 17 heavy (non-hydrogen) atoms. The summed E-state index contributed by atoms with van der Waals surface area (Å²) in [7, 11) is 0. The highest BCUT2D eigenvalue weighted by Crippen LogP contribution is 2.19. The highest BCUT2D eigenvalue weighted by molar-refractivity contribution is 5.86. The van der Waals surface area contributed by atoms with Gasteiger partial charge in [0.25, 0.3) is 0 Å². The van der Waals surface area contributed by atoms with Gasteiger partial charge < -0.3 is 19.7 Å². The molecule has 1 fully saturated rings. The van der Waals surface area contributed by atoms with E-state index >= 15 is 0 Å². The average molecular weight is 241 g/mol. The van der Waals surface area contributed by atoms with Crippen LogP contribution < -0.4 is 0 Å². The van der Waals surface area contributed by atoms with Gasteiger partial charge in [-0.2, -0.15) is 0 Å². The quantitative estimate of drug-likeness (QED) is 0.680. The summed E-state index contributed by atoms with van der Waals surface area (Å²) in [6, 6.07) is 1.67. The van der Waals surface area contributed by atoms with Gasteiger partial charge in [-0.15, -0.1) is 0 Å². The molecule has 3 N–H and O–H groups in total. The van der Waals surface area contributed by atoms with E-state index in [2.05, 4.69) is 0 Å². The summed E-state index contributed by atoms with van der Waals surface area (Å²) in [6.07, 6.45) is -1.49. The maximum atomic E-state index is 10.8. The maximum absolute atomic E-state index is 10.8. The molecule has 0 bridgehead atoms. The number of nitrogens with zero attached hydrogens (tertiary/aromatic N) is 1. The monoisotopic (exact) mass is 241 g/mol. The molecule has 1 aliphatic rings. The molecule has 2 heterocycles. The second kappa shape index (κ2) is 4.48. The Morgan fingerprint density at radius 3 is 2.53 bits per heavy atom. The molecule has 0 aliphatic carbocycles. The SMILES string of the molecule is Cc1cc(CN2CC(O)C(O)C2)oc1C(=O)O. The van der Waals surface area contributed by atoms with Crippen LogP contribution >= 0.6 is 0 Å². The van der Waals surface area contributed by atoms with Crippen molar-refractivity contribution in [3.05, 3.63) is 23.2 Å². The zero-order chi connectivity index (χ0) is 12.6. The third kappa shape index (κ3) is 2.49. The normalized spacial score (nSPS) is 25.4. The Balaban J connectivity index is 2.05. The first kappa shape index (κ1) is 12.1. The van der Waals surface area contributed by atoms with Crippen LogP contribution in [0.5, 0.6) is 0 Å². The lowest BCUT2D eigenvalue weighted by molar-refractivity contribution is 0.0572. The molecule has 1 aromatic heterocycles. The van der Waals surface area contributed by atoms with E-state index in [0.29, 0.717) is 31.0 Å². The number of aryl methyl sites for hydroxylation is 1. The van der Waals surface area contributed by atoms with E-state index in [0.717, 1.165) is 0 Å². The lowest BCUT2D eigenvalue weighted by Gasteiger charge is -2.11. The summed E-state index contributed by atoms with van der Waals surface area (Å²) in [5, 5.41) is 27.6. The molecular weight excluding hydrogens is 226 g/mol. The maximum Gasteiger partial charge on any atom is 0.372 e. The fraction of sp³-hybridized carbons (Fsp3) is 0.545. The van der Waals surface area contributed by atoms with Gasteiger partial charge in [-0.3, -0.25) is 4.90 Å². The molecule has 2 atom stereocenters. The smallest absolute Gasteiger partial charge is 0.372 e. The number of furan rings is 1. The van der Waals surface area contributed by atoms with E-state index in [1.54, 1.807) is 13.0 Å². The topological polar surface area (TPSA) is 94.1 Å². The number of aromatic carboxylic acids is 1. The minimum Gasteiger partial charge on any atom is -0.475 e. The first-order valence-electron chi connectivity index (χ1n) is 5.38. The standard InChI is InChI=1S/C11H15NO5/c1-6-2-7(17-10(6)11(15)16)3-12-4-8(13)9(14)5-12/h2,8-9,13-14H,3-5H2,1H3,(H,15,16). The van der Waals surface area contributed by atoms with Crippen molar-refractivity contribution in [1.29, 1.82) is 0 Å². The molecular formula is C11H15NO5. The van der Waals surface area contributed by atoms with Crippen LogP contribution in [0.4, 0.5) is 0 Å². The molecule has 94 valence electrons. The fourth-order valence-corrected chi connectivity index (χ4v) is 2.03. The van der Waals surface area contributed by atoms with Crippen LogP contribution in [0.1, 0.15) is 21.9 Å². The number of rotatable bonds is 3. The van der Waals surface area contributed by atoms with Gasteiger partial charge in [-0.25, -0.2) is 4.79 Å². The van der Waals surface area contributed by atoms with Crippen molar-refractivity contribution in [1.82, 2.24) is 4.90 Å². The first-order valence-corrected chi connectivity index (χ1v) is 5.38. The Kier molecular flexibility index (Phi) is 3.19. The number of carbonyl (C=O) groups is 1. The summed E-state index contributed by atoms with van der Waals surface area (Å²) in [5.74, 6) is -0.614. The molecule has 1 aliphatic heterocycles. The van der Waals surface area contributed by atoms with Crippen LogP contribution in [0.25, 0.3) is 0 Å². The molecule has 0 radical (unpaired) electrons. The Hall–Kier alpha value is -1.37. The zero-order valence-corrected chi connectivity index (χ0v) is 9.46. The minimum atomic E-state index is -1.09. The van der Waals surface area contributed by atoms with Crippen LogP contribution in [0.15, 0.2) is 10.5 Å². The van der Waals surface area contributed by atoms with Crippen molar-refractivity contribution >= 4 is 5.97 Å². The Morgan fingerprint density at radius 1 is 1.47 bits per heavy atom. The summed E-state index contributed by atoms with van der Waals surface area (Å²) in [6.45, 7) is 2.79. The third-order valence-corrected chi connectivity index (χ3v) is 2.88. The van der Waals surface area contributed by atoms with Gasteiger partial charge in [0.2, 0.25) is 5.76 Å². The number of β-amino-alcohol motifs (C(OH)–C–C–N with tert-alkyl or cyclic N) is 2. The van der Waals surface area contributed by atoms with Crippen molar-refractivity contribution in [2.45, 2.75) is 25.7 Å². The number of hydrogen-bond acceptors (Lipinski definition) is 5. The molecule has 0 amide bonds. The first-order chi connectivity index (χ1) is 7.97. The van der Waals surface area contributed by atoms with Crippen molar-refractivity contribution < 1.29 is 24.5 Å². The molecule has 0 aromatic carbocycles. The lowest BCUT2D eigenvalue weighted by Crippen LogP contribution is -2.22. The number of aliphatic hydroxyl groups is 2. The van der Waals surface area contributed by atoms with Crippen LogP contribution in [-0.2, 0) is 6.54 Å². The third-order valence-electron chi connectivity index (χ3n) is 2.88. The number of carboxylic acid groups (broad SMARTS) is 1. The van der Waals surface area contributed by atoms with Gasteiger partial charge in [0.15, 0.2) is 0 Å². The Bertz CT molecular complexity index is 417. The van der Waals surface area contributed by atoms with Gasteiger partial charge in [0.05, 0.1) is 18.8 Å². The van der Waals surface area contributed by atoms with Crippen molar-refractivity contribution in [3.63, 3.8) is 0 Å². The number of likely N-dealkylation sites (tertiary alicyclic amines) is 1. The molecule has 0 saturated carbocycles. The van der Waals surface area contributed by atoms with E-state index in [9.17, 15) is 15.0 Å². The fourth-order valence-electron chi connectivity index (χ4n) is 2.03. The number of aliphatic hydroxyl groups excluding tert-OH is 2. The highest BCUT2D eigenvalue weighted by atomic mass is 16.4. The number of carboxylic acids is 1. The molecule has 2 rings (SSSR count). The average Bonchev–Trinajstić information content (AvgIpc) is 2.72. The second-order valence-electron chi connectivity index (χ2n) is 4.36. The van der Waals surface area contributed by atoms with Gasteiger partial charge in [-0.1, -0.05) is 0 Å². The lowest BCUT2D eigenvalue weighted by atomic mass is 10.2. The molecule has 2 unspecified atom stereocenters. The molecule has 6 nitrogen and oxygen atoms in total. The van der Waals surface area contributed by atoms with Crippen molar-refractivity contribution in [3.8, 4) is 0 Å². The van der Waals surface area contributed by atoms with Gasteiger partial charge >= 0.3 is 5.97 Å². The zero-order valence-electron chi connectivity index (χ0n) is 9.46. The van der Waals surface area contributed by atoms with Crippen LogP contribution in [-0.4, -0.2) is 51.5 Å². The molecule has 1 saturated heterocycles. The predicted octanol–water partition coefficient (Wildman–Crippen LogP) is -0.176. The number of hydrogen-bond donors (Lipinski definition) is 3. The van der Waals surface area contributed by atoms with Crippen molar-refractivity contribution in [2.24, 2.45) is 0 Å². The summed E-state index contributed by atoms with van der Waals surface area (Å²) >= 11 is 0. The van der Waals surface area contributed by atoms with E-state index in [1.165, 1.54) is 0 Å². The second-order valence-corrected chi connectivity index (χ2v) is 4.36. The molecule has 1 aromatic rings.